The minimum Gasteiger partial charge on any atom is -0.353 e. The van der Waals surface area contributed by atoms with E-state index in [0.717, 1.165) is 36.5 Å². The number of amides is 1. The minimum atomic E-state index is -0.151. The van der Waals surface area contributed by atoms with E-state index in [1.165, 1.54) is 37.1 Å². The van der Waals surface area contributed by atoms with Crippen LogP contribution in [-0.4, -0.2) is 33.4 Å². The summed E-state index contributed by atoms with van der Waals surface area (Å²) >= 11 is 3.06. The summed E-state index contributed by atoms with van der Waals surface area (Å²) in [6.45, 7) is 2.13. The molecule has 1 saturated carbocycles. The van der Waals surface area contributed by atoms with Crippen molar-refractivity contribution in [2.45, 2.75) is 62.4 Å². The minimum absolute atomic E-state index is 0.0234. The van der Waals surface area contributed by atoms with E-state index >= 15 is 0 Å². The highest BCUT2D eigenvalue weighted by Crippen LogP contribution is 2.18. The first-order valence-corrected chi connectivity index (χ1v) is 10.4. The molecule has 0 aromatic carbocycles. The van der Waals surface area contributed by atoms with Crippen molar-refractivity contribution in [1.29, 1.82) is 0 Å². The topological polar surface area (TPSA) is 74.8 Å². The molecule has 0 unspecified atom stereocenters. The molecule has 1 amide bonds. The molecule has 1 aliphatic carbocycles. The van der Waals surface area contributed by atoms with Crippen LogP contribution in [0.4, 0.5) is 0 Å². The molecule has 2 N–H and O–H groups in total. The number of carbonyl (C=O) groups excluding carboxylic acids is 1. The van der Waals surface area contributed by atoms with Crippen LogP contribution in [0.5, 0.6) is 0 Å². The van der Waals surface area contributed by atoms with Crippen LogP contribution in [0.1, 0.15) is 51.1 Å². The fourth-order valence-corrected chi connectivity index (χ4v) is 4.09. The van der Waals surface area contributed by atoms with E-state index in [9.17, 15) is 9.59 Å². The smallest absolute Gasteiger partial charge is 0.251 e. The predicted octanol–water partition coefficient (Wildman–Crippen LogP) is 2.95. The summed E-state index contributed by atoms with van der Waals surface area (Å²) in [6, 6.07) is 1.86. The van der Waals surface area contributed by atoms with Crippen molar-refractivity contribution < 1.29 is 4.79 Å². The summed E-state index contributed by atoms with van der Waals surface area (Å²) in [5, 5.41) is 3.61. The molecule has 5 nitrogen and oxygen atoms in total. The highest BCUT2D eigenvalue weighted by atomic mass is 32.2. The van der Waals surface area contributed by atoms with Gasteiger partial charge in [0.1, 0.15) is 0 Å². The second-order valence-corrected chi connectivity index (χ2v) is 7.85. The highest BCUT2D eigenvalue weighted by molar-refractivity contribution is 7.99. The van der Waals surface area contributed by atoms with Crippen molar-refractivity contribution in [2.75, 3.05) is 11.5 Å². The Bertz CT molecular complexity index is 557. The van der Waals surface area contributed by atoms with Gasteiger partial charge in [0.15, 0.2) is 5.16 Å². The molecule has 1 aliphatic rings. The lowest BCUT2D eigenvalue weighted by Crippen LogP contribution is -2.37. The number of carbonyl (C=O) groups is 1. The molecular weight excluding hydrogens is 330 g/mol. The van der Waals surface area contributed by atoms with Gasteiger partial charge in [0.25, 0.3) is 5.56 Å². The van der Waals surface area contributed by atoms with Gasteiger partial charge in [-0.3, -0.25) is 9.59 Å². The van der Waals surface area contributed by atoms with E-state index in [1.807, 2.05) is 0 Å². The van der Waals surface area contributed by atoms with E-state index in [-0.39, 0.29) is 11.5 Å². The van der Waals surface area contributed by atoms with Gasteiger partial charge >= 0.3 is 0 Å². The van der Waals surface area contributed by atoms with Crippen molar-refractivity contribution in [2.24, 2.45) is 0 Å². The largest absolute Gasteiger partial charge is 0.353 e. The van der Waals surface area contributed by atoms with Crippen molar-refractivity contribution in [1.82, 2.24) is 15.3 Å². The number of H-pyrrole nitrogens is 1. The molecule has 1 heterocycles. The maximum atomic E-state index is 12.0. The van der Waals surface area contributed by atoms with Gasteiger partial charge in [0, 0.05) is 17.9 Å². The van der Waals surface area contributed by atoms with Crippen LogP contribution in [0.3, 0.4) is 0 Å². The number of aromatic amines is 1. The molecule has 0 atom stereocenters. The molecule has 0 bridgehead atoms. The lowest BCUT2D eigenvalue weighted by Gasteiger charge is -2.22. The lowest BCUT2D eigenvalue weighted by molar-refractivity contribution is -0.119. The van der Waals surface area contributed by atoms with E-state index in [4.69, 9.17) is 0 Å². The third kappa shape index (κ3) is 6.99. The summed E-state index contributed by atoms with van der Waals surface area (Å²) in [5.74, 6) is 2.11. The first-order valence-electron chi connectivity index (χ1n) is 8.27. The fourth-order valence-electron chi connectivity index (χ4n) is 2.60. The quantitative estimate of drug-likeness (QED) is 0.426. The summed E-state index contributed by atoms with van der Waals surface area (Å²) < 4.78 is 0. The summed E-state index contributed by atoms with van der Waals surface area (Å²) in [6.07, 6.45) is 6.94. The number of thioether (sulfide) groups is 2. The van der Waals surface area contributed by atoms with Crippen LogP contribution in [0.25, 0.3) is 0 Å². The lowest BCUT2D eigenvalue weighted by atomic mass is 9.95. The monoisotopic (exact) mass is 355 g/mol. The van der Waals surface area contributed by atoms with E-state index < -0.39 is 0 Å². The van der Waals surface area contributed by atoms with Gasteiger partial charge in [-0.2, -0.15) is 11.8 Å². The Morgan fingerprint density at radius 2 is 2.17 bits per heavy atom. The third-order valence-corrected chi connectivity index (χ3v) is 5.75. The van der Waals surface area contributed by atoms with Gasteiger partial charge in [-0.1, -0.05) is 37.9 Å². The molecule has 7 heteroatoms. The Balaban J connectivity index is 1.81. The van der Waals surface area contributed by atoms with Crippen LogP contribution >= 0.6 is 23.5 Å². The number of aromatic nitrogens is 2. The molecule has 0 spiro atoms. The maximum Gasteiger partial charge on any atom is 0.251 e. The zero-order chi connectivity index (χ0) is 16.5. The molecule has 23 heavy (non-hydrogen) atoms. The van der Waals surface area contributed by atoms with Gasteiger partial charge in [-0.25, -0.2) is 4.98 Å². The molecule has 1 aromatic heterocycles. The molecule has 1 aromatic rings. The van der Waals surface area contributed by atoms with Gasteiger partial charge in [0.05, 0.1) is 11.4 Å². The number of nitrogens with one attached hydrogen (secondary N) is 2. The van der Waals surface area contributed by atoms with E-state index in [2.05, 4.69) is 22.2 Å². The first kappa shape index (κ1) is 18.4. The predicted molar refractivity (Wildman–Crippen MR) is 97.1 cm³/mol. The molecule has 0 saturated heterocycles. The van der Waals surface area contributed by atoms with Gasteiger partial charge in [-0.15, -0.1) is 0 Å². The van der Waals surface area contributed by atoms with Crippen molar-refractivity contribution >= 4 is 29.4 Å². The average molecular weight is 356 g/mol. The average Bonchev–Trinajstić information content (AvgIpc) is 2.54. The number of hydrogen-bond donors (Lipinski definition) is 2. The zero-order valence-electron chi connectivity index (χ0n) is 13.6. The Morgan fingerprint density at radius 1 is 1.39 bits per heavy atom. The SMILES string of the molecule is CCCSCc1cc(=O)[nH]c(SCC(=O)NC2CCCCC2)n1. The Labute approximate surface area is 145 Å². The highest BCUT2D eigenvalue weighted by Gasteiger charge is 2.16. The van der Waals surface area contributed by atoms with Gasteiger partial charge in [-0.05, 0) is 25.0 Å². The molecule has 0 aliphatic heterocycles. The zero-order valence-corrected chi connectivity index (χ0v) is 15.2. The van der Waals surface area contributed by atoms with Crippen LogP contribution in [0.2, 0.25) is 0 Å². The number of nitrogens with zero attached hydrogens (tertiary/aromatic N) is 1. The Kier molecular flexibility index (Phi) is 8.02. The number of rotatable bonds is 8. The van der Waals surface area contributed by atoms with Gasteiger partial charge < -0.3 is 10.3 Å². The summed E-state index contributed by atoms with van der Waals surface area (Å²) in [5.41, 5.74) is 0.629. The van der Waals surface area contributed by atoms with E-state index in [1.54, 1.807) is 11.8 Å². The standard InChI is InChI=1S/C16H25N3O2S2/c1-2-8-22-10-13-9-14(20)19-16(18-13)23-11-15(21)17-12-6-4-3-5-7-12/h9,12H,2-8,10-11H2,1H3,(H,17,21)(H,18,19,20). The molecule has 128 valence electrons. The first-order chi connectivity index (χ1) is 11.2. The Morgan fingerprint density at radius 3 is 2.91 bits per heavy atom. The second kappa shape index (κ2) is 10.0. The number of hydrogen-bond acceptors (Lipinski definition) is 5. The van der Waals surface area contributed by atoms with Crippen molar-refractivity contribution in [3.05, 3.63) is 22.1 Å². The summed E-state index contributed by atoms with van der Waals surface area (Å²) in [4.78, 5) is 30.8. The molecular formula is C16H25N3O2S2. The van der Waals surface area contributed by atoms with Crippen LogP contribution in [-0.2, 0) is 10.5 Å². The molecule has 2 rings (SSSR count). The normalized spacial score (nSPS) is 15.5. The van der Waals surface area contributed by atoms with Crippen LogP contribution in [0.15, 0.2) is 16.0 Å². The molecule has 0 radical (unpaired) electrons. The van der Waals surface area contributed by atoms with E-state index in [0.29, 0.717) is 17.0 Å². The van der Waals surface area contributed by atoms with Crippen molar-refractivity contribution in [3.63, 3.8) is 0 Å². The second-order valence-electron chi connectivity index (χ2n) is 5.79. The van der Waals surface area contributed by atoms with Crippen molar-refractivity contribution in [3.8, 4) is 0 Å². The molecule has 1 fully saturated rings. The Hall–Kier alpha value is -0.950. The third-order valence-electron chi connectivity index (χ3n) is 3.68. The fraction of sp³-hybridized carbons (Fsp3) is 0.688. The van der Waals surface area contributed by atoms with Crippen LogP contribution < -0.4 is 10.9 Å². The summed E-state index contributed by atoms with van der Waals surface area (Å²) in [7, 11) is 0. The van der Waals surface area contributed by atoms with Crippen LogP contribution in [0, 0.1) is 0 Å². The van der Waals surface area contributed by atoms with Gasteiger partial charge in [0.2, 0.25) is 5.91 Å². The maximum absolute atomic E-state index is 12.0.